The summed E-state index contributed by atoms with van der Waals surface area (Å²) in [6.45, 7) is 6.62. The van der Waals surface area contributed by atoms with Gasteiger partial charge in [-0.3, -0.25) is 9.78 Å². The maximum Gasteiger partial charge on any atom is 0.251 e. The summed E-state index contributed by atoms with van der Waals surface area (Å²) < 4.78 is 17.1. The van der Waals surface area contributed by atoms with Gasteiger partial charge in [-0.15, -0.1) is 0 Å². The van der Waals surface area contributed by atoms with Crippen LogP contribution in [0, 0.1) is 12.8 Å². The molecular weight excluding hydrogens is 434 g/mol. The number of nitrogens with two attached hydrogens (primary N) is 1. The van der Waals surface area contributed by atoms with Crippen LogP contribution in [-0.4, -0.2) is 49.0 Å². The highest BCUT2D eigenvalue weighted by molar-refractivity contribution is 5.96. The lowest BCUT2D eigenvalue weighted by Crippen LogP contribution is -2.42. The number of hydrogen-bond donors (Lipinski definition) is 3. The van der Waals surface area contributed by atoms with Crippen molar-refractivity contribution in [1.82, 2.24) is 10.3 Å². The van der Waals surface area contributed by atoms with Crippen molar-refractivity contribution in [2.24, 2.45) is 5.92 Å². The molecule has 0 saturated carbocycles. The molecule has 0 fully saturated rings. The molecule has 1 aromatic heterocycles. The molecule has 1 amide bonds. The number of carbonyl (C=O) groups is 1. The van der Waals surface area contributed by atoms with Crippen LogP contribution in [0.3, 0.4) is 0 Å². The standard InChI is InChI=1S/C26H33N3O5/c1-16(2)21(15-34-23-8-5-7-20-25(23)19(27)13-17(3)28-20)29-26(31)18-9-10-22(24(14-18)32-4)33-12-6-11-30/h5,7-10,13-14,16,21,30H,6,11-12,15H2,1-4H3,(H2,27,28)(H,29,31). The van der Waals surface area contributed by atoms with Crippen LogP contribution >= 0.6 is 0 Å². The first kappa shape index (κ1) is 25.1. The second-order valence-electron chi connectivity index (χ2n) is 8.43. The van der Waals surface area contributed by atoms with E-state index < -0.39 is 0 Å². The molecule has 4 N–H and O–H groups in total. The van der Waals surface area contributed by atoms with Crippen molar-refractivity contribution in [3.63, 3.8) is 0 Å². The van der Waals surface area contributed by atoms with Crippen LogP contribution in [0.5, 0.6) is 17.2 Å². The summed E-state index contributed by atoms with van der Waals surface area (Å²) in [4.78, 5) is 17.5. The van der Waals surface area contributed by atoms with E-state index >= 15 is 0 Å². The zero-order chi connectivity index (χ0) is 24.7. The fraction of sp³-hybridized carbons (Fsp3) is 0.385. The topological polar surface area (TPSA) is 116 Å². The van der Waals surface area contributed by atoms with Crippen molar-refractivity contribution in [3.8, 4) is 17.2 Å². The second-order valence-corrected chi connectivity index (χ2v) is 8.43. The van der Waals surface area contributed by atoms with Gasteiger partial charge in [-0.05, 0) is 49.2 Å². The quantitative estimate of drug-likeness (QED) is 0.368. The Hall–Kier alpha value is -3.52. The number of ether oxygens (including phenoxy) is 3. The van der Waals surface area contributed by atoms with Crippen molar-refractivity contribution >= 4 is 22.5 Å². The molecule has 0 aliphatic carbocycles. The van der Waals surface area contributed by atoms with Crippen LogP contribution in [-0.2, 0) is 0 Å². The summed E-state index contributed by atoms with van der Waals surface area (Å²) in [6, 6.07) is 12.2. The predicted octanol–water partition coefficient (Wildman–Crippen LogP) is 3.73. The highest BCUT2D eigenvalue weighted by Crippen LogP contribution is 2.31. The molecule has 0 bridgehead atoms. The van der Waals surface area contributed by atoms with Crippen LogP contribution < -0.4 is 25.3 Å². The van der Waals surface area contributed by atoms with E-state index in [1.165, 1.54) is 7.11 Å². The van der Waals surface area contributed by atoms with Crippen molar-refractivity contribution in [1.29, 1.82) is 0 Å². The summed E-state index contributed by atoms with van der Waals surface area (Å²) in [6.07, 6.45) is 0.513. The molecule has 1 heterocycles. The smallest absolute Gasteiger partial charge is 0.251 e. The number of fused-ring (bicyclic) bond motifs is 1. The Morgan fingerprint density at radius 1 is 1.12 bits per heavy atom. The van der Waals surface area contributed by atoms with Gasteiger partial charge >= 0.3 is 0 Å². The highest BCUT2D eigenvalue weighted by Gasteiger charge is 2.20. The van der Waals surface area contributed by atoms with Crippen LogP contribution in [0.25, 0.3) is 10.9 Å². The lowest BCUT2D eigenvalue weighted by atomic mass is 10.0. The maximum atomic E-state index is 13.0. The third kappa shape index (κ3) is 6.08. The molecule has 0 radical (unpaired) electrons. The van der Waals surface area contributed by atoms with E-state index in [1.807, 2.05) is 45.0 Å². The Morgan fingerprint density at radius 2 is 1.91 bits per heavy atom. The zero-order valence-electron chi connectivity index (χ0n) is 20.1. The van der Waals surface area contributed by atoms with Crippen LogP contribution in [0.1, 0.15) is 36.3 Å². The number of nitrogen functional groups attached to an aromatic ring is 1. The largest absolute Gasteiger partial charge is 0.493 e. The molecule has 3 aromatic rings. The number of pyridine rings is 1. The maximum absolute atomic E-state index is 13.0. The van der Waals surface area contributed by atoms with Crippen molar-refractivity contribution in [2.75, 3.05) is 32.7 Å². The summed E-state index contributed by atoms with van der Waals surface area (Å²) >= 11 is 0. The number of aliphatic hydroxyl groups is 1. The Kier molecular flexibility index (Phi) is 8.54. The second kappa shape index (κ2) is 11.6. The molecule has 34 heavy (non-hydrogen) atoms. The molecule has 3 rings (SSSR count). The van der Waals surface area contributed by atoms with Gasteiger partial charge in [-0.1, -0.05) is 19.9 Å². The molecular formula is C26H33N3O5. The minimum atomic E-state index is -0.242. The van der Waals surface area contributed by atoms with Gasteiger partial charge in [0.15, 0.2) is 11.5 Å². The average Bonchev–Trinajstić information content (AvgIpc) is 2.81. The number of carbonyl (C=O) groups excluding carboxylic acids is 1. The summed E-state index contributed by atoms with van der Waals surface area (Å²) in [5.74, 6) is 1.50. The average molecular weight is 468 g/mol. The molecule has 182 valence electrons. The van der Waals surface area contributed by atoms with E-state index in [2.05, 4.69) is 10.3 Å². The minimum absolute atomic E-state index is 0.0446. The number of nitrogens with one attached hydrogen (secondary N) is 1. The number of aromatic nitrogens is 1. The lowest BCUT2D eigenvalue weighted by Gasteiger charge is -2.23. The Bertz CT molecular complexity index is 1130. The van der Waals surface area contributed by atoms with Gasteiger partial charge < -0.3 is 30.4 Å². The molecule has 8 heteroatoms. The SMILES string of the molecule is COc1cc(C(=O)NC(COc2cccc3nc(C)cc(N)c23)C(C)C)ccc1OCCCO. The Labute approximate surface area is 200 Å². The molecule has 0 spiro atoms. The van der Waals surface area contributed by atoms with Crippen molar-refractivity contribution < 1.29 is 24.1 Å². The van der Waals surface area contributed by atoms with Gasteiger partial charge in [0.05, 0.1) is 30.7 Å². The number of nitrogens with zero attached hydrogens (tertiary/aromatic N) is 1. The summed E-state index contributed by atoms with van der Waals surface area (Å²) in [5.41, 5.74) is 8.91. The van der Waals surface area contributed by atoms with Crippen LogP contribution in [0.15, 0.2) is 42.5 Å². The molecule has 0 aliphatic rings. The molecule has 0 saturated heterocycles. The fourth-order valence-electron chi connectivity index (χ4n) is 3.55. The van der Waals surface area contributed by atoms with Gasteiger partial charge in [0.25, 0.3) is 5.91 Å². The molecule has 1 unspecified atom stereocenters. The number of hydrogen-bond acceptors (Lipinski definition) is 7. The summed E-state index contributed by atoms with van der Waals surface area (Å²) in [5, 5.41) is 12.8. The monoisotopic (exact) mass is 467 g/mol. The fourth-order valence-corrected chi connectivity index (χ4v) is 3.55. The van der Waals surface area contributed by atoms with E-state index in [0.29, 0.717) is 41.5 Å². The Morgan fingerprint density at radius 3 is 2.62 bits per heavy atom. The first-order valence-corrected chi connectivity index (χ1v) is 11.3. The van der Waals surface area contributed by atoms with Gasteiger partial charge in [0, 0.05) is 30.0 Å². The molecule has 0 aliphatic heterocycles. The van der Waals surface area contributed by atoms with Gasteiger partial charge in [-0.25, -0.2) is 0 Å². The van der Waals surface area contributed by atoms with E-state index in [0.717, 1.165) is 16.6 Å². The number of anilines is 1. The van der Waals surface area contributed by atoms with E-state index in [-0.39, 0.29) is 31.1 Å². The van der Waals surface area contributed by atoms with Gasteiger partial charge in [0.2, 0.25) is 0 Å². The van der Waals surface area contributed by atoms with Crippen molar-refractivity contribution in [3.05, 3.63) is 53.7 Å². The first-order valence-electron chi connectivity index (χ1n) is 11.3. The van der Waals surface area contributed by atoms with E-state index in [9.17, 15) is 4.79 Å². The first-order chi connectivity index (χ1) is 16.3. The number of rotatable bonds is 11. The molecule has 1 atom stereocenters. The third-order valence-corrected chi connectivity index (χ3v) is 5.48. The number of amides is 1. The number of methoxy groups -OCH3 is 1. The number of aryl methyl sites for hydroxylation is 1. The van der Waals surface area contributed by atoms with Gasteiger partial charge in [0.1, 0.15) is 12.4 Å². The summed E-state index contributed by atoms with van der Waals surface area (Å²) in [7, 11) is 1.52. The van der Waals surface area contributed by atoms with Crippen molar-refractivity contribution in [2.45, 2.75) is 33.2 Å². The van der Waals surface area contributed by atoms with E-state index in [1.54, 1.807) is 18.2 Å². The molecule has 2 aromatic carbocycles. The minimum Gasteiger partial charge on any atom is -0.493 e. The predicted molar refractivity (Wildman–Crippen MR) is 133 cm³/mol. The Balaban J connectivity index is 1.72. The van der Waals surface area contributed by atoms with Crippen LogP contribution in [0.2, 0.25) is 0 Å². The van der Waals surface area contributed by atoms with E-state index in [4.69, 9.17) is 25.1 Å². The number of benzene rings is 2. The third-order valence-electron chi connectivity index (χ3n) is 5.48. The van der Waals surface area contributed by atoms with Gasteiger partial charge in [-0.2, -0.15) is 0 Å². The normalized spacial score (nSPS) is 11.9. The molecule has 8 nitrogen and oxygen atoms in total. The van der Waals surface area contributed by atoms with Crippen LogP contribution in [0.4, 0.5) is 5.69 Å². The zero-order valence-corrected chi connectivity index (χ0v) is 20.1. The highest BCUT2D eigenvalue weighted by atomic mass is 16.5. The number of aliphatic hydroxyl groups excluding tert-OH is 1. The lowest BCUT2D eigenvalue weighted by molar-refractivity contribution is 0.0904.